The molecule has 35 heavy (non-hydrogen) atoms. The van der Waals surface area contributed by atoms with Gasteiger partial charge >= 0.3 is 5.97 Å². The number of hydrogen-bond donors (Lipinski definition) is 1. The van der Waals surface area contributed by atoms with E-state index in [9.17, 15) is 14.7 Å². The maximum absolute atomic E-state index is 13.9. The number of carbonyl (C=O) groups excluding carboxylic acids is 1. The number of rotatable bonds is 6. The van der Waals surface area contributed by atoms with Crippen LogP contribution in [0.25, 0.3) is 11.1 Å². The molecule has 3 atom stereocenters. The van der Waals surface area contributed by atoms with Crippen LogP contribution in [0.4, 0.5) is 0 Å². The number of benzene rings is 4. The van der Waals surface area contributed by atoms with Crippen LogP contribution in [0.15, 0.2) is 115 Å². The molecule has 4 heteroatoms. The number of hydrogen-bond acceptors (Lipinski definition) is 2. The molecule has 0 saturated carbocycles. The molecule has 0 spiro atoms. The summed E-state index contributed by atoms with van der Waals surface area (Å²) in [7, 11) is 0. The van der Waals surface area contributed by atoms with Crippen LogP contribution in [0.1, 0.15) is 33.9 Å². The Kier molecular flexibility index (Phi) is 6.44. The lowest BCUT2D eigenvalue weighted by molar-refractivity contribution is -0.141. The summed E-state index contributed by atoms with van der Waals surface area (Å²) in [5.74, 6) is -1.22. The number of carboxylic acids is 1. The Morgan fingerprint density at radius 2 is 1.26 bits per heavy atom. The van der Waals surface area contributed by atoms with E-state index in [1.807, 2.05) is 91.0 Å². The molecule has 5 rings (SSSR count). The molecule has 1 aliphatic heterocycles. The highest BCUT2D eigenvalue weighted by molar-refractivity contribution is 5.97. The zero-order valence-corrected chi connectivity index (χ0v) is 19.3. The second-order valence-corrected chi connectivity index (χ2v) is 9.05. The summed E-state index contributed by atoms with van der Waals surface area (Å²) < 4.78 is 0. The Morgan fingerprint density at radius 3 is 1.86 bits per heavy atom. The van der Waals surface area contributed by atoms with Crippen molar-refractivity contribution in [2.45, 2.75) is 24.9 Å². The first kappa shape index (κ1) is 22.6. The molecule has 1 heterocycles. The minimum absolute atomic E-state index is 0.00607. The zero-order valence-electron chi connectivity index (χ0n) is 19.3. The van der Waals surface area contributed by atoms with E-state index in [0.717, 1.165) is 22.3 Å². The Hall–Kier alpha value is -4.18. The molecule has 2 unspecified atom stereocenters. The summed E-state index contributed by atoms with van der Waals surface area (Å²) in [5, 5.41) is 10.1. The highest BCUT2D eigenvalue weighted by atomic mass is 16.4. The molecule has 0 radical (unpaired) electrons. The van der Waals surface area contributed by atoms with E-state index < -0.39 is 12.0 Å². The van der Waals surface area contributed by atoms with Crippen molar-refractivity contribution in [2.24, 2.45) is 5.92 Å². The van der Waals surface area contributed by atoms with Gasteiger partial charge in [0.15, 0.2) is 0 Å². The average Bonchev–Trinajstić information content (AvgIpc) is 3.29. The van der Waals surface area contributed by atoms with Crippen LogP contribution in [-0.4, -0.2) is 27.9 Å². The fourth-order valence-corrected chi connectivity index (χ4v) is 5.22. The Balaban J connectivity index is 1.51. The number of nitrogens with zero attached hydrogens (tertiary/aromatic N) is 1. The molecule has 4 nitrogen and oxygen atoms in total. The van der Waals surface area contributed by atoms with Crippen molar-refractivity contribution in [1.82, 2.24) is 4.90 Å². The van der Waals surface area contributed by atoms with Gasteiger partial charge in [-0.3, -0.25) is 4.79 Å². The average molecular weight is 462 g/mol. The smallest absolute Gasteiger partial charge is 0.326 e. The lowest BCUT2D eigenvalue weighted by Gasteiger charge is -2.31. The van der Waals surface area contributed by atoms with Crippen molar-refractivity contribution in [3.63, 3.8) is 0 Å². The molecule has 0 bridgehead atoms. The first-order valence-corrected chi connectivity index (χ1v) is 11.9. The number of aliphatic carboxylic acids is 1. The lowest BCUT2D eigenvalue weighted by atomic mass is 9.87. The Morgan fingerprint density at radius 1 is 0.714 bits per heavy atom. The molecule has 1 aliphatic rings. The summed E-state index contributed by atoms with van der Waals surface area (Å²) in [6.07, 6.45) is 1.12. The van der Waals surface area contributed by atoms with Crippen LogP contribution in [0.5, 0.6) is 0 Å². The number of carboxylic acid groups (broad SMARTS) is 1. The normalized spacial score (nSPS) is 19.4. The lowest BCUT2D eigenvalue weighted by Crippen LogP contribution is -2.42. The van der Waals surface area contributed by atoms with Gasteiger partial charge in [-0.1, -0.05) is 103 Å². The van der Waals surface area contributed by atoms with Crippen molar-refractivity contribution in [3.05, 3.63) is 132 Å². The maximum atomic E-state index is 13.9. The van der Waals surface area contributed by atoms with Gasteiger partial charge in [0.25, 0.3) is 5.91 Å². The summed E-state index contributed by atoms with van der Waals surface area (Å²) in [5.41, 5.74) is 4.69. The van der Waals surface area contributed by atoms with Crippen molar-refractivity contribution in [3.8, 4) is 11.1 Å². The van der Waals surface area contributed by atoms with Crippen molar-refractivity contribution >= 4 is 11.9 Å². The Bertz CT molecular complexity index is 1290. The first-order valence-electron chi connectivity index (χ1n) is 11.9. The maximum Gasteiger partial charge on any atom is 0.326 e. The molecule has 1 fully saturated rings. The topological polar surface area (TPSA) is 57.6 Å². The molecule has 0 aromatic heterocycles. The number of likely N-dealkylation sites (tertiary alicyclic amines) is 1. The van der Waals surface area contributed by atoms with Crippen LogP contribution in [0.3, 0.4) is 0 Å². The molecular formula is C31H27NO3. The van der Waals surface area contributed by atoms with Crippen LogP contribution in [0, 0.1) is 5.92 Å². The minimum Gasteiger partial charge on any atom is -0.480 e. The van der Waals surface area contributed by atoms with E-state index in [4.69, 9.17) is 0 Å². The van der Waals surface area contributed by atoms with Crippen LogP contribution in [0.2, 0.25) is 0 Å². The largest absolute Gasteiger partial charge is 0.480 e. The van der Waals surface area contributed by atoms with Gasteiger partial charge in [-0.25, -0.2) is 4.79 Å². The van der Waals surface area contributed by atoms with Gasteiger partial charge in [0, 0.05) is 5.56 Å². The first-order chi connectivity index (χ1) is 17.1. The molecule has 4 aromatic rings. The Labute approximate surface area is 205 Å². The van der Waals surface area contributed by atoms with E-state index in [1.165, 1.54) is 0 Å². The SMILES string of the molecule is O=C(O)[C@@H]1CC(Cc2ccccc2)C(c2ccccc2)N1C(=O)c1ccc(-c2ccccc2)cc1. The van der Waals surface area contributed by atoms with Crippen LogP contribution >= 0.6 is 0 Å². The predicted octanol–water partition coefficient (Wildman–Crippen LogP) is 6.25. The van der Waals surface area contributed by atoms with Gasteiger partial charge in [-0.05, 0) is 53.1 Å². The van der Waals surface area contributed by atoms with Crippen LogP contribution < -0.4 is 0 Å². The standard InChI is InChI=1S/C31H27NO3/c33-30(26-18-16-24(17-19-26)23-12-6-2-7-13-23)32-28(31(34)35)21-27(20-22-10-4-1-5-11-22)29(32)25-14-8-3-9-15-25/h1-19,27-29H,20-21H2,(H,34,35)/t27?,28-,29?/m0/s1. The fraction of sp³-hybridized carbons (Fsp3) is 0.161. The molecule has 1 N–H and O–H groups in total. The molecular weight excluding hydrogens is 434 g/mol. The van der Waals surface area contributed by atoms with E-state index in [0.29, 0.717) is 18.4 Å². The molecule has 174 valence electrons. The molecule has 1 amide bonds. The fourth-order valence-electron chi connectivity index (χ4n) is 5.22. The third-order valence-electron chi connectivity index (χ3n) is 6.85. The van der Waals surface area contributed by atoms with E-state index in [2.05, 4.69) is 12.1 Å². The summed E-state index contributed by atoms with van der Waals surface area (Å²) in [6.45, 7) is 0. The highest BCUT2D eigenvalue weighted by Gasteiger charge is 2.47. The van der Waals surface area contributed by atoms with Crippen molar-refractivity contribution in [1.29, 1.82) is 0 Å². The van der Waals surface area contributed by atoms with Crippen molar-refractivity contribution in [2.75, 3.05) is 0 Å². The summed E-state index contributed by atoms with van der Waals surface area (Å²) in [4.78, 5) is 27.8. The van der Waals surface area contributed by atoms with Gasteiger partial charge in [0.2, 0.25) is 0 Å². The highest BCUT2D eigenvalue weighted by Crippen LogP contribution is 2.43. The van der Waals surface area contributed by atoms with Gasteiger partial charge in [-0.15, -0.1) is 0 Å². The van der Waals surface area contributed by atoms with E-state index in [1.54, 1.807) is 17.0 Å². The van der Waals surface area contributed by atoms with Gasteiger partial charge < -0.3 is 10.0 Å². The van der Waals surface area contributed by atoms with E-state index >= 15 is 0 Å². The third kappa shape index (κ3) is 4.73. The molecule has 4 aromatic carbocycles. The monoisotopic (exact) mass is 461 g/mol. The van der Waals surface area contributed by atoms with Crippen LogP contribution in [-0.2, 0) is 11.2 Å². The molecule has 1 saturated heterocycles. The zero-order chi connectivity index (χ0) is 24.2. The predicted molar refractivity (Wildman–Crippen MR) is 137 cm³/mol. The second-order valence-electron chi connectivity index (χ2n) is 9.05. The van der Waals surface area contributed by atoms with Crippen molar-refractivity contribution < 1.29 is 14.7 Å². The summed E-state index contributed by atoms with van der Waals surface area (Å²) >= 11 is 0. The van der Waals surface area contributed by atoms with Gasteiger partial charge in [-0.2, -0.15) is 0 Å². The number of carbonyl (C=O) groups is 2. The minimum atomic E-state index is -0.962. The number of amides is 1. The van der Waals surface area contributed by atoms with Gasteiger partial charge in [0.05, 0.1) is 6.04 Å². The second kappa shape index (κ2) is 9.98. The molecule has 0 aliphatic carbocycles. The summed E-state index contributed by atoms with van der Waals surface area (Å²) in [6, 6.07) is 36.1. The third-order valence-corrected chi connectivity index (χ3v) is 6.85. The van der Waals surface area contributed by atoms with E-state index in [-0.39, 0.29) is 17.9 Å². The van der Waals surface area contributed by atoms with Gasteiger partial charge in [0.1, 0.15) is 6.04 Å². The quantitative estimate of drug-likeness (QED) is 0.369.